The number of nitrogens with zero attached hydrogens (tertiary/aromatic N) is 2. The van der Waals surface area contributed by atoms with Gasteiger partial charge in [-0.05, 0) is 23.8 Å². The summed E-state index contributed by atoms with van der Waals surface area (Å²) >= 11 is 0. The molecule has 2 radical (unpaired) electrons. The largest absolute Gasteiger partial charge is 0.497 e. The molecule has 0 atom stereocenters. The fourth-order valence-corrected chi connectivity index (χ4v) is 2.14. The van der Waals surface area contributed by atoms with Gasteiger partial charge in [-0.3, -0.25) is 4.68 Å². The van der Waals surface area contributed by atoms with Crippen molar-refractivity contribution in [2.75, 3.05) is 7.11 Å². The minimum atomic E-state index is 0.734. The van der Waals surface area contributed by atoms with E-state index >= 15 is 0 Å². The van der Waals surface area contributed by atoms with Crippen LogP contribution in [-0.4, -0.2) is 24.7 Å². The highest BCUT2D eigenvalue weighted by atomic mass is 16.5. The lowest BCUT2D eigenvalue weighted by atomic mass is 9.95. The van der Waals surface area contributed by atoms with E-state index in [-0.39, 0.29) is 0 Å². The van der Waals surface area contributed by atoms with Crippen LogP contribution in [-0.2, 0) is 6.54 Å². The normalized spacial score (nSPS) is 10.8. The van der Waals surface area contributed by atoms with Crippen LogP contribution >= 0.6 is 0 Å². The second-order valence-electron chi connectivity index (χ2n) is 4.47. The van der Waals surface area contributed by atoms with Crippen molar-refractivity contribution in [3.05, 3.63) is 54.2 Å². The summed E-state index contributed by atoms with van der Waals surface area (Å²) in [5.41, 5.74) is 3.03. The zero-order valence-corrected chi connectivity index (χ0v) is 10.7. The second kappa shape index (κ2) is 4.80. The van der Waals surface area contributed by atoms with Crippen molar-refractivity contribution in [3.8, 4) is 5.75 Å². The van der Waals surface area contributed by atoms with Gasteiger partial charge in [-0.2, -0.15) is 5.10 Å². The Hall–Kier alpha value is -2.23. The van der Waals surface area contributed by atoms with Crippen LogP contribution in [0.15, 0.2) is 48.7 Å². The van der Waals surface area contributed by atoms with Crippen molar-refractivity contribution in [2.45, 2.75) is 6.54 Å². The summed E-state index contributed by atoms with van der Waals surface area (Å²) in [5.74, 6) is 0.863. The first kappa shape index (κ1) is 11.8. The third kappa shape index (κ3) is 2.34. The first-order valence-electron chi connectivity index (χ1n) is 6.10. The van der Waals surface area contributed by atoms with Gasteiger partial charge in [-0.1, -0.05) is 29.7 Å². The highest BCUT2D eigenvalue weighted by Crippen LogP contribution is 2.16. The van der Waals surface area contributed by atoms with Crippen molar-refractivity contribution in [1.29, 1.82) is 0 Å². The van der Waals surface area contributed by atoms with E-state index in [1.807, 2.05) is 53.3 Å². The average molecular weight is 248 g/mol. The molecule has 0 amide bonds. The third-order valence-electron chi connectivity index (χ3n) is 3.16. The van der Waals surface area contributed by atoms with Crippen LogP contribution in [0.3, 0.4) is 0 Å². The standard InChI is InChI=1S/C15H13BN2O/c1-19-14-5-2-11(3-6-14)10-18-15-7-4-13(16)8-12(15)9-17-18/h2-9H,10H2,1H3. The first-order valence-corrected chi connectivity index (χ1v) is 6.10. The van der Waals surface area contributed by atoms with Gasteiger partial charge in [0.1, 0.15) is 13.6 Å². The summed E-state index contributed by atoms with van der Waals surface area (Å²) < 4.78 is 7.12. The van der Waals surface area contributed by atoms with Gasteiger partial charge in [-0.25, -0.2) is 0 Å². The average Bonchev–Trinajstić information content (AvgIpc) is 2.82. The summed E-state index contributed by atoms with van der Waals surface area (Å²) in [5, 5.41) is 5.47. The zero-order valence-electron chi connectivity index (χ0n) is 10.7. The van der Waals surface area contributed by atoms with E-state index in [0.29, 0.717) is 0 Å². The molecule has 0 N–H and O–H groups in total. The Morgan fingerprint density at radius 1 is 1.16 bits per heavy atom. The Bertz CT molecular complexity index is 704. The zero-order chi connectivity index (χ0) is 13.2. The lowest BCUT2D eigenvalue weighted by Crippen LogP contribution is -2.03. The summed E-state index contributed by atoms with van der Waals surface area (Å²) in [6.07, 6.45) is 1.84. The van der Waals surface area contributed by atoms with Gasteiger partial charge >= 0.3 is 0 Å². The van der Waals surface area contributed by atoms with E-state index in [9.17, 15) is 0 Å². The molecule has 0 bridgehead atoms. The Kier molecular flexibility index (Phi) is 2.99. The van der Waals surface area contributed by atoms with Gasteiger partial charge in [0.05, 0.1) is 25.4 Å². The molecule has 4 heteroatoms. The number of fused-ring (bicyclic) bond motifs is 1. The van der Waals surface area contributed by atoms with Crippen LogP contribution in [0.25, 0.3) is 10.9 Å². The summed E-state index contributed by atoms with van der Waals surface area (Å²) in [7, 11) is 7.43. The number of aromatic nitrogens is 2. The third-order valence-corrected chi connectivity index (χ3v) is 3.16. The summed E-state index contributed by atoms with van der Waals surface area (Å²) in [4.78, 5) is 0. The summed E-state index contributed by atoms with van der Waals surface area (Å²) in [6, 6.07) is 13.8. The molecule has 2 aromatic carbocycles. The molecule has 0 unspecified atom stereocenters. The van der Waals surface area contributed by atoms with E-state index in [4.69, 9.17) is 12.6 Å². The molecule has 19 heavy (non-hydrogen) atoms. The maximum absolute atomic E-state index is 5.77. The molecule has 0 aliphatic rings. The van der Waals surface area contributed by atoms with E-state index in [1.165, 1.54) is 5.56 Å². The molecule has 1 heterocycles. The van der Waals surface area contributed by atoms with Crippen LogP contribution < -0.4 is 10.2 Å². The number of benzene rings is 2. The smallest absolute Gasteiger partial charge is 0.118 e. The maximum atomic E-state index is 5.77. The van der Waals surface area contributed by atoms with Crippen LogP contribution in [0.2, 0.25) is 0 Å². The van der Waals surface area contributed by atoms with Gasteiger partial charge in [0.15, 0.2) is 0 Å². The maximum Gasteiger partial charge on any atom is 0.118 e. The minimum Gasteiger partial charge on any atom is -0.497 e. The molecule has 0 aliphatic heterocycles. The Labute approximate surface area is 113 Å². The first-order chi connectivity index (χ1) is 9.26. The number of hydrogen-bond acceptors (Lipinski definition) is 2. The highest BCUT2D eigenvalue weighted by molar-refractivity contribution is 6.33. The number of hydrogen-bond donors (Lipinski definition) is 0. The number of methoxy groups -OCH3 is 1. The molecule has 3 nitrogen and oxygen atoms in total. The Balaban J connectivity index is 1.92. The molecule has 3 rings (SSSR count). The Morgan fingerprint density at radius 2 is 1.95 bits per heavy atom. The van der Waals surface area contributed by atoms with E-state index in [0.717, 1.165) is 28.7 Å². The van der Waals surface area contributed by atoms with Crippen LogP contribution in [0.4, 0.5) is 0 Å². The molecule has 0 fully saturated rings. The van der Waals surface area contributed by atoms with Gasteiger partial charge in [0, 0.05) is 5.39 Å². The SMILES string of the molecule is [B]c1ccc2c(cnn2Cc2ccc(OC)cc2)c1. The lowest BCUT2D eigenvalue weighted by Gasteiger charge is -2.05. The van der Waals surface area contributed by atoms with Crippen molar-refractivity contribution in [3.63, 3.8) is 0 Å². The van der Waals surface area contributed by atoms with Crippen LogP contribution in [0.1, 0.15) is 5.56 Å². The lowest BCUT2D eigenvalue weighted by molar-refractivity contribution is 0.414. The molecular formula is C15H13BN2O. The van der Waals surface area contributed by atoms with Gasteiger partial charge < -0.3 is 4.74 Å². The molecule has 0 saturated carbocycles. The Morgan fingerprint density at radius 3 is 2.68 bits per heavy atom. The van der Waals surface area contributed by atoms with E-state index < -0.39 is 0 Å². The number of ether oxygens (including phenoxy) is 1. The number of rotatable bonds is 3. The monoisotopic (exact) mass is 248 g/mol. The molecule has 92 valence electrons. The molecule has 0 saturated heterocycles. The fourth-order valence-electron chi connectivity index (χ4n) is 2.14. The molecule has 0 spiro atoms. The van der Waals surface area contributed by atoms with Crippen molar-refractivity contribution in [2.24, 2.45) is 0 Å². The van der Waals surface area contributed by atoms with E-state index in [2.05, 4.69) is 5.10 Å². The van der Waals surface area contributed by atoms with Gasteiger partial charge in [-0.15, -0.1) is 0 Å². The quantitative estimate of drug-likeness (QED) is 0.662. The predicted molar refractivity (Wildman–Crippen MR) is 77.2 cm³/mol. The summed E-state index contributed by atoms with van der Waals surface area (Å²) in [6.45, 7) is 0.734. The predicted octanol–water partition coefficient (Wildman–Crippen LogP) is 1.89. The molecule has 3 aromatic rings. The van der Waals surface area contributed by atoms with Gasteiger partial charge in [0.2, 0.25) is 0 Å². The van der Waals surface area contributed by atoms with Crippen molar-refractivity contribution in [1.82, 2.24) is 9.78 Å². The minimum absolute atomic E-state index is 0.734. The fraction of sp³-hybridized carbons (Fsp3) is 0.133. The molecular weight excluding hydrogens is 235 g/mol. The molecule has 1 aromatic heterocycles. The van der Waals surface area contributed by atoms with Crippen LogP contribution in [0.5, 0.6) is 5.75 Å². The second-order valence-corrected chi connectivity index (χ2v) is 4.47. The van der Waals surface area contributed by atoms with Gasteiger partial charge in [0.25, 0.3) is 0 Å². The van der Waals surface area contributed by atoms with Crippen molar-refractivity contribution >= 4 is 24.2 Å². The highest BCUT2D eigenvalue weighted by Gasteiger charge is 2.03. The molecule has 0 aliphatic carbocycles. The van der Waals surface area contributed by atoms with E-state index in [1.54, 1.807) is 7.11 Å². The van der Waals surface area contributed by atoms with Crippen LogP contribution in [0, 0.1) is 0 Å². The topological polar surface area (TPSA) is 27.1 Å². The van der Waals surface area contributed by atoms with Crippen molar-refractivity contribution < 1.29 is 4.74 Å².